The van der Waals surface area contributed by atoms with E-state index in [1.54, 1.807) is 0 Å². The summed E-state index contributed by atoms with van der Waals surface area (Å²) < 4.78 is 137. The third kappa shape index (κ3) is 7.61. The van der Waals surface area contributed by atoms with Crippen LogP contribution in [0.2, 0.25) is 0 Å². The van der Waals surface area contributed by atoms with Crippen molar-refractivity contribution in [3.05, 3.63) is 88.5 Å². The van der Waals surface area contributed by atoms with Gasteiger partial charge in [-0.25, -0.2) is 26.3 Å². The molecule has 0 aromatic heterocycles. The highest BCUT2D eigenvalue weighted by molar-refractivity contribution is 5.65. The molecule has 0 atom stereocenters. The molecular formula is C33H32F8O4. The van der Waals surface area contributed by atoms with E-state index >= 15 is 17.6 Å². The van der Waals surface area contributed by atoms with Crippen LogP contribution < -0.4 is 4.74 Å². The zero-order valence-electron chi connectivity index (χ0n) is 24.4. The maximum Gasteiger partial charge on any atom is 0.432 e. The normalized spacial score (nSPS) is 22.4. The Morgan fingerprint density at radius 2 is 1.40 bits per heavy atom. The number of halogens is 8. The number of unbranched alkanes of at least 4 members (excludes halogenated alkanes) is 1. The highest BCUT2D eigenvalue weighted by Crippen LogP contribution is 2.42. The summed E-state index contributed by atoms with van der Waals surface area (Å²) in [6, 6.07) is 4.92. The smallest absolute Gasteiger partial charge is 0.429 e. The van der Waals surface area contributed by atoms with Gasteiger partial charge in [0, 0.05) is 24.2 Å². The van der Waals surface area contributed by atoms with E-state index in [0.29, 0.717) is 63.7 Å². The molecule has 0 N–H and O–H groups in total. The van der Waals surface area contributed by atoms with E-state index < -0.39 is 69.7 Å². The minimum atomic E-state index is -4.54. The molecule has 2 fully saturated rings. The van der Waals surface area contributed by atoms with Gasteiger partial charge in [-0.2, -0.15) is 8.78 Å². The van der Waals surface area contributed by atoms with E-state index in [2.05, 4.69) is 11.7 Å². The number of hydrogen-bond donors (Lipinski definition) is 0. The number of benzene rings is 3. The van der Waals surface area contributed by atoms with Crippen molar-refractivity contribution in [2.45, 2.75) is 69.9 Å². The third-order valence-electron chi connectivity index (χ3n) is 8.21. The van der Waals surface area contributed by atoms with Gasteiger partial charge in [0.15, 0.2) is 23.7 Å². The molecule has 3 aromatic rings. The van der Waals surface area contributed by atoms with Crippen LogP contribution in [0.1, 0.15) is 62.5 Å². The first-order valence-corrected chi connectivity index (χ1v) is 14.8. The molecule has 0 spiro atoms. The van der Waals surface area contributed by atoms with Crippen molar-refractivity contribution in [3.63, 3.8) is 0 Å². The predicted molar refractivity (Wildman–Crippen MR) is 148 cm³/mol. The van der Waals surface area contributed by atoms with Crippen LogP contribution in [0.4, 0.5) is 35.1 Å². The Bertz CT molecular complexity index is 1440. The topological polar surface area (TPSA) is 36.9 Å². The second-order valence-electron chi connectivity index (χ2n) is 11.4. The Balaban J connectivity index is 1.21. The van der Waals surface area contributed by atoms with Gasteiger partial charge in [0.1, 0.15) is 34.9 Å². The van der Waals surface area contributed by atoms with Crippen LogP contribution in [-0.2, 0) is 20.3 Å². The van der Waals surface area contributed by atoms with Crippen LogP contribution in [0.3, 0.4) is 0 Å². The number of alkyl halides is 2. The Morgan fingerprint density at radius 3 is 1.98 bits per heavy atom. The third-order valence-corrected chi connectivity index (χ3v) is 8.21. The average Bonchev–Trinajstić information content (AvgIpc) is 2.99. The van der Waals surface area contributed by atoms with Gasteiger partial charge in [0.2, 0.25) is 0 Å². The summed E-state index contributed by atoms with van der Waals surface area (Å²) in [5, 5.41) is 0. The maximum absolute atomic E-state index is 15.0. The fourth-order valence-corrected chi connectivity index (χ4v) is 5.80. The molecule has 2 aliphatic rings. The SMILES string of the molecule is CCCCOC1COC(C2CCC(c3cc(F)c(C(F)(F)Oc4ccc(-c5cc(F)c(F)c(F)c5)c(F)c4)c(F)c3)CC2)OC1. The largest absolute Gasteiger partial charge is 0.432 e. The van der Waals surface area contributed by atoms with Gasteiger partial charge in [0.05, 0.1) is 13.2 Å². The van der Waals surface area contributed by atoms with Crippen molar-refractivity contribution < 1.29 is 54.1 Å². The molecule has 45 heavy (non-hydrogen) atoms. The molecular weight excluding hydrogens is 612 g/mol. The summed E-state index contributed by atoms with van der Waals surface area (Å²) in [6.07, 6.45) is -0.683. The number of hydrogen-bond acceptors (Lipinski definition) is 4. The van der Waals surface area contributed by atoms with Crippen molar-refractivity contribution in [1.82, 2.24) is 0 Å². The fraction of sp³-hybridized carbons (Fsp3) is 0.455. The Morgan fingerprint density at radius 1 is 0.778 bits per heavy atom. The molecule has 12 heteroatoms. The van der Waals surface area contributed by atoms with Gasteiger partial charge < -0.3 is 18.9 Å². The highest BCUT2D eigenvalue weighted by atomic mass is 19.3. The van der Waals surface area contributed by atoms with Crippen molar-refractivity contribution in [2.75, 3.05) is 19.8 Å². The molecule has 1 saturated heterocycles. The minimum Gasteiger partial charge on any atom is -0.429 e. The molecule has 0 bridgehead atoms. The van der Waals surface area contributed by atoms with Crippen molar-refractivity contribution >= 4 is 0 Å². The maximum atomic E-state index is 15.0. The minimum absolute atomic E-state index is 0.0810. The van der Waals surface area contributed by atoms with Gasteiger partial charge in [-0.3, -0.25) is 0 Å². The molecule has 1 saturated carbocycles. The lowest BCUT2D eigenvalue weighted by molar-refractivity contribution is -0.249. The lowest BCUT2D eigenvalue weighted by Gasteiger charge is -2.37. The van der Waals surface area contributed by atoms with Crippen LogP contribution in [0, 0.1) is 40.8 Å². The fourth-order valence-electron chi connectivity index (χ4n) is 5.80. The number of ether oxygens (including phenoxy) is 4. The second kappa shape index (κ2) is 14.0. The lowest BCUT2D eigenvalue weighted by Crippen LogP contribution is -2.42. The van der Waals surface area contributed by atoms with Crippen LogP contribution in [0.25, 0.3) is 11.1 Å². The average molecular weight is 645 g/mol. The predicted octanol–water partition coefficient (Wildman–Crippen LogP) is 9.15. The lowest BCUT2D eigenvalue weighted by atomic mass is 9.78. The van der Waals surface area contributed by atoms with Crippen molar-refractivity contribution in [3.8, 4) is 16.9 Å². The summed E-state index contributed by atoms with van der Waals surface area (Å²) >= 11 is 0. The molecule has 244 valence electrons. The molecule has 0 amide bonds. The van der Waals surface area contributed by atoms with Crippen LogP contribution in [0.5, 0.6) is 5.75 Å². The van der Waals surface area contributed by atoms with Gasteiger partial charge in [-0.05, 0) is 85.5 Å². The van der Waals surface area contributed by atoms with Crippen LogP contribution in [0.15, 0.2) is 42.5 Å². The summed E-state index contributed by atoms with van der Waals surface area (Å²) in [5.41, 5.74) is -2.26. The molecule has 1 aliphatic carbocycles. The van der Waals surface area contributed by atoms with Gasteiger partial charge >= 0.3 is 6.11 Å². The zero-order chi connectivity index (χ0) is 32.3. The van der Waals surface area contributed by atoms with Crippen LogP contribution in [-0.4, -0.2) is 32.2 Å². The molecule has 1 heterocycles. The summed E-state index contributed by atoms with van der Waals surface area (Å²) in [4.78, 5) is 0. The quantitative estimate of drug-likeness (QED) is 0.125. The van der Waals surface area contributed by atoms with Gasteiger partial charge in [0.25, 0.3) is 0 Å². The van der Waals surface area contributed by atoms with E-state index in [4.69, 9.17) is 14.2 Å². The Hall–Kier alpha value is -3.22. The molecule has 1 aliphatic heterocycles. The Labute approximate surface area is 255 Å². The molecule has 5 rings (SSSR count). The summed E-state index contributed by atoms with van der Waals surface area (Å²) in [7, 11) is 0. The van der Waals surface area contributed by atoms with E-state index in [9.17, 15) is 17.6 Å². The standard InChI is InChI=1S/C33H32F8O4/c1-2-3-10-42-23-16-43-32(44-17-23)19-6-4-18(5-7-19)20-11-26(35)30(27(36)12-20)33(40,41)45-22-8-9-24(25(34)15-22)21-13-28(37)31(39)29(38)14-21/h8-9,11-15,18-19,23,32H,2-7,10,16-17H2,1H3. The first-order valence-electron chi connectivity index (χ1n) is 14.8. The molecule has 4 nitrogen and oxygen atoms in total. The van der Waals surface area contributed by atoms with E-state index in [1.165, 1.54) is 0 Å². The van der Waals surface area contributed by atoms with E-state index in [1.807, 2.05) is 0 Å². The Kier molecular flexibility index (Phi) is 10.3. The molecule has 0 unspecified atom stereocenters. The number of rotatable bonds is 10. The first kappa shape index (κ1) is 33.2. The second-order valence-corrected chi connectivity index (χ2v) is 11.4. The van der Waals surface area contributed by atoms with E-state index in [-0.39, 0.29) is 23.5 Å². The van der Waals surface area contributed by atoms with Crippen molar-refractivity contribution in [1.29, 1.82) is 0 Å². The highest BCUT2D eigenvalue weighted by Gasteiger charge is 2.42. The van der Waals surface area contributed by atoms with E-state index in [0.717, 1.165) is 37.1 Å². The molecule has 3 aromatic carbocycles. The molecule has 0 radical (unpaired) electrons. The zero-order valence-corrected chi connectivity index (χ0v) is 24.4. The van der Waals surface area contributed by atoms with Crippen LogP contribution >= 0.6 is 0 Å². The van der Waals surface area contributed by atoms with Gasteiger partial charge in [-0.15, -0.1) is 0 Å². The summed E-state index contributed by atoms with van der Waals surface area (Å²) in [5.74, 6) is -10.2. The van der Waals surface area contributed by atoms with Crippen molar-refractivity contribution in [2.24, 2.45) is 5.92 Å². The summed E-state index contributed by atoms with van der Waals surface area (Å²) in [6.45, 7) is 3.57. The monoisotopic (exact) mass is 644 g/mol. The van der Waals surface area contributed by atoms with Gasteiger partial charge in [-0.1, -0.05) is 13.3 Å². The first-order chi connectivity index (χ1) is 21.5.